The van der Waals surface area contributed by atoms with Crippen LogP contribution in [0.15, 0.2) is 0 Å². The normalized spacial score (nSPS) is 13.5. The van der Waals surface area contributed by atoms with Crippen LogP contribution in [0, 0.1) is 0 Å². The van der Waals surface area contributed by atoms with Gasteiger partial charge in [0, 0.05) is 32.8 Å². The number of hydrogen-bond acceptors (Lipinski definition) is 3. The van der Waals surface area contributed by atoms with Gasteiger partial charge in [-0.1, -0.05) is 6.92 Å². The molecule has 0 fully saturated rings. The van der Waals surface area contributed by atoms with E-state index in [0.717, 1.165) is 32.7 Å². The van der Waals surface area contributed by atoms with Crippen molar-refractivity contribution >= 4 is 0 Å². The lowest BCUT2D eigenvalue weighted by Crippen LogP contribution is -2.38. The van der Waals surface area contributed by atoms with E-state index in [0.29, 0.717) is 6.04 Å². The van der Waals surface area contributed by atoms with E-state index in [1.807, 2.05) is 0 Å². The summed E-state index contributed by atoms with van der Waals surface area (Å²) in [5.74, 6) is 0. The van der Waals surface area contributed by atoms with Gasteiger partial charge in [0.05, 0.1) is 0 Å². The van der Waals surface area contributed by atoms with Gasteiger partial charge in [-0.05, 0) is 33.4 Å². The zero-order chi connectivity index (χ0) is 10.8. The average molecular weight is 202 g/mol. The Morgan fingerprint density at radius 2 is 2.14 bits per heavy atom. The summed E-state index contributed by atoms with van der Waals surface area (Å²) in [6.07, 6.45) is 2.32. The van der Waals surface area contributed by atoms with Crippen LogP contribution in [-0.4, -0.2) is 51.3 Å². The zero-order valence-corrected chi connectivity index (χ0v) is 10.2. The van der Waals surface area contributed by atoms with Crippen LogP contribution < -0.4 is 5.32 Å². The minimum absolute atomic E-state index is 0.586. The molecule has 1 unspecified atom stereocenters. The Labute approximate surface area is 88.8 Å². The number of likely N-dealkylation sites (N-methyl/N-ethyl adjacent to an activating group) is 1. The first-order valence-corrected chi connectivity index (χ1v) is 5.61. The smallest absolute Gasteiger partial charge is 0.0474 e. The second-order valence-corrected chi connectivity index (χ2v) is 3.96. The molecule has 0 heterocycles. The predicted molar refractivity (Wildman–Crippen MR) is 61.7 cm³/mol. The van der Waals surface area contributed by atoms with Crippen LogP contribution >= 0.6 is 0 Å². The molecule has 0 aromatic rings. The molecule has 0 saturated heterocycles. The quantitative estimate of drug-likeness (QED) is 0.571. The number of hydrogen-bond donors (Lipinski definition) is 1. The minimum atomic E-state index is 0.586. The number of ether oxygens (including phenoxy) is 1. The van der Waals surface area contributed by atoms with Crippen molar-refractivity contribution in [3.05, 3.63) is 0 Å². The molecule has 86 valence electrons. The third-order valence-corrected chi connectivity index (χ3v) is 2.22. The van der Waals surface area contributed by atoms with Gasteiger partial charge in [0.25, 0.3) is 0 Å². The fourth-order valence-corrected chi connectivity index (χ4v) is 1.49. The molecule has 1 N–H and O–H groups in total. The van der Waals surface area contributed by atoms with E-state index >= 15 is 0 Å². The molecule has 0 aliphatic heterocycles. The molecule has 0 aromatic heterocycles. The molecule has 0 aromatic carbocycles. The van der Waals surface area contributed by atoms with Gasteiger partial charge in [-0.2, -0.15) is 0 Å². The lowest BCUT2D eigenvalue weighted by Gasteiger charge is -2.21. The van der Waals surface area contributed by atoms with Gasteiger partial charge < -0.3 is 15.0 Å². The SMILES string of the molecule is CCCNC(C)CN(C)CCCOC. The fourth-order valence-electron chi connectivity index (χ4n) is 1.49. The summed E-state index contributed by atoms with van der Waals surface area (Å²) in [6, 6.07) is 0.586. The van der Waals surface area contributed by atoms with Crippen LogP contribution in [0.1, 0.15) is 26.7 Å². The van der Waals surface area contributed by atoms with Crippen molar-refractivity contribution in [3.63, 3.8) is 0 Å². The summed E-state index contributed by atoms with van der Waals surface area (Å²) in [7, 11) is 3.92. The van der Waals surface area contributed by atoms with E-state index in [1.54, 1.807) is 7.11 Å². The Morgan fingerprint density at radius 1 is 1.43 bits per heavy atom. The molecule has 3 heteroatoms. The highest BCUT2D eigenvalue weighted by atomic mass is 16.5. The van der Waals surface area contributed by atoms with Crippen LogP contribution in [0.3, 0.4) is 0 Å². The van der Waals surface area contributed by atoms with E-state index in [9.17, 15) is 0 Å². The topological polar surface area (TPSA) is 24.5 Å². The Balaban J connectivity index is 3.35. The standard InChI is InChI=1S/C11H26N2O/c1-5-7-12-11(2)10-13(3)8-6-9-14-4/h11-12H,5-10H2,1-4H3. The number of methoxy groups -OCH3 is 1. The van der Waals surface area contributed by atoms with E-state index in [1.165, 1.54) is 6.42 Å². The highest BCUT2D eigenvalue weighted by Crippen LogP contribution is 1.92. The highest BCUT2D eigenvalue weighted by Gasteiger charge is 2.04. The molecular formula is C11H26N2O. The minimum Gasteiger partial charge on any atom is -0.385 e. The van der Waals surface area contributed by atoms with E-state index < -0.39 is 0 Å². The number of rotatable bonds is 9. The first-order chi connectivity index (χ1) is 6.70. The van der Waals surface area contributed by atoms with Crippen LogP contribution in [0.2, 0.25) is 0 Å². The molecule has 0 rings (SSSR count). The van der Waals surface area contributed by atoms with Gasteiger partial charge in [0.1, 0.15) is 0 Å². The lowest BCUT2D eigenvalue weighted by molar-refractivity contribution is 0.176. The zero-order valence-electron chi connectivity index (χ0n) is 10.2. The van der Waals surface area contributed by atoms with Crippen LogP contribution in [-0.2, 0) is 4.74 Å². The molecule has 0 saturated carbocycles. The van der Waals surface area contributed by atoms with Crippen molar-refractivity contribution in [1.82, 2.24) is 10.2 Å². The van der Waals surface area contributed by atoms with Crippen molar-refractivity contribution in [3.8, 4) is 0 Å². The lowest BCUT2D eigenvalue weighted by atomic mass is 10.3. The maximum Gasteiger partial charge on any atom is 0.0474 e. The molecule has 14 heavy (non-hydrogen) atoms. The van der Waals surface area contributed by atoms with E-state index in [-0.39, 0.29) is 0 Å². The van der Waals surface area contributed by atoms with Gasteiger partial charge in [0.2, 0.25) is 0 Å². The van der Waals surface area contributed by atoms with Gasteiger partial charge in [0.15, 0.2) is 0 Å². The third-order valence-electron chi connectivity index (χ3n) is 2.22. The van der Waals surface area contributed by atoms with Gasteiger partial charge in [-0.25, -0.2) is 0 Å². The van der Waals surface area contributed by atoms with Crippen molar-refractivity contribution in [2.75, 3.05) is 40.4 Å². The molecule has 0 bridgehead atoms. The van der Waals surface area contributed by atoms with Gasteiger partial charge in [-0.15, -0.1) is 0 Å². The first-order valence-electron chi connectivity index (χ1n) is 5.61. The van der Waals surface area contributed by atoms with Crippen molar-refractivity contribution in [1.29, 1.82) is 0 Å². The molecule has 0 aliphatic rings. The Hall–Kier alpha value is -0.120. The number of nitrogens with one attached hydrogen (secondary N) is 1. The summed E-state index contributed by atoms with van der Waals surface area (Å²) in [4.78, 5) is 2.35. The summed E-state index contributed by atoms with van der Waals surface area (Å²) in [5, 5.41) is 3.48. The van der Waals surface area contributed by atoms with Crippen molar-refractivity contribution in [2.24, 2.45) is 0 Å². The Kier molecular flexibility index (Phi) is 9.35. The van der Waals surface area contributed by atoms with Gasteiger partial charge >= 0.3 is 0 Å². The monoisotopic (exact) mass is 202 g/mol. The summed E-state index contributed by atoms with van der Waals surface area (Å²) in [6.45, 7) is 8.65. The molecule has 0 aliphatic carbocycles. The van der Waals surface area contributed by atoms with Crippen molar-refractivity contribution < 1.29 is 4.74 Å². The summed E-state index contributed by atoms with van der Waals surface area (Å²) < 4.78 is 5.02. The maximum absolute atomic E-state index is 5.02. The average Bonchev–Trinajstić information content (AvgIpc) is 2.15. The predicted octanol–water partition coefficient (Wildman–Crippen LogP) is 1.34. The second kappa shape index (κ2) is 9.44. The fraction of sp³-hybridized carbons (Fsp3) is 1.00. The van der Waals surface area contributed by atoms with Gasteiger partial charge in [-0.3, -0.25) is 0 Å². The first kappa shape index (κ1) is 13.9. The Bertz CT molecular complexity index is 120. The van der Waals surface area contributed by atoms with E-state index in [4.69, 9.17) is 4.74 Å². The van der Waals surface area contributed by atoms with Crippen LogP contribution in [0.25, 0.3) is 0 Å². The molecule has 3 nitrogen and oxygen atoms in total. The maximum atomic E-state index is 5.02. The summed E-state index contributed by atoms with van der Waals surface area (Å²) >= 11 is 0. The molecule has 0 spiro atoms. The van der Waals surface area contributed by atoms with Crippen LogP contribution in [0.4, 0.5) is 0 Å². The number of nitrogens with zero attached hydrogens (tertiary/aromatic N) is 1. The third kappa shape index (κ3) is 8.48. The summed E-state index contributed by atoms with van der Waals surface area (Å²) in [5.41, 5.74) is 0. The molecule has 1 atom stereocenters. The highest BCUT2D eigenvalue weighted by molar-refractivity contribution is 4.64. The molecular weight excluding hydrogens is 176 g/mol. The molecule has 0 radical (unpaired) electrons. The van der Waals surface area contributed by atoms with E-state index in [2.05, 4.69) is 31.1 Å². The van der Waals surface area contributed by atoms with Crippen LogP contribution in [0.5, 0.6) is 0 Å². The molecule has 0 amide bonds. The Morgan fingerprint density at radius 3 is 2.71 bits per heavy atom. The second-order valence-electron chi connectivity index (χ2n) is 3.96. The van der Waals surface area contributed by atoms with Crippen molar-refractivity contribution in [2.45, 2.75) is 32.7 Å². The largest absolute Gasteiger partial charge is 0.385 e.